The third kappa shape index (κ3) is 8.57. The van der Waals surface area contributed by atoms with Gasteiger partial charge in [0.2, 0.25) is 0 Å². The van der Waals surface area contributed by atoms with Crippen LogP contribution in [0.5, 0.6) is 17.2 Å². The average molecular weight is 665 g/mol. The molecule has 0 fully saturated rings. The number of aliphatic hydroxyl groups is 1. The predicted octanol–water partition coefficient (Wildman–Crippen LogP) is 5.67. The van der Waals surface area contributed by atoms with Gasteiger partial charge in [0.1, 0.15) is 19.0 Å². The summed E-state index contributed by atoms with van der Waals surface area (Å²) in [5.74, 6) is 0.936. The van der Waals surface area contributed by atoms with Gasteiger partial charge in [0.25, 0.3) is 0 Å². The number of fused-ring (bicyclic) bond motifs is 1. The van der Waals surface area contributed by atoms with E-state index in [9.17, 15) is 14.7 Å². The Hall–Kier alpha value is -5.81. The van der Waals surface area contributed by atoms with Crippen LogP contribution in [0.25, 0.3) is 10.8 Å². The molecule has 2 amide bonds. The molecule has 2 atom stereocenters. The zero-order chi connectivity index (χ0) is 34.8. The Morgan fingerprint density at radius 2 is 1.80 bits per heavy atom. The number of amides is 2. The van der Waals surface area contributed by atoms with Crippen LogP contribution in [-0.4, -0.2) is 49.9 Å². The Labute approximate surface area is 285 Å². The number of carbonyl (C=O) groups excluding carboxylic acids is 2. The van der Waals surface area contributed by atoms with Crippen molar-refractivity contribution in [3.8, 4) is 17.2 Å². The molecule has 49 heavy (non-hydrogen) atoms. The number of hydrogen-bond donors (Lipinski definition) is 4. The van der Waals surface area contributed by atoms with E-state index in [0.717, 1.165) is 27.8 Å². The number of aliphatic hydroxyl groups excluding tert-OH is 1. The monoisotopic (exact) mass is 664 g/mol. The number of hydrogen-bond acceptors (Lipinski definition) is 9. The fourth-order valence-corrected chi connectivity index (χ4v) is 5.53. The van der Waals surface area contributed by atoms with Crippen molar-refractivity contribution in [1.82, 2.24) is 16.1 Å². The van der Waals surface area contributed by atoms with Gasteiger partial charge in [0, 0.05) is 5.70 Å². The maximum absolute atomic E-state index is 12.5. The van der Waals surface area contributed by atoms with E-state index in [4.69, 9.17) is 18.9 Å². The average Bonchev–Trinajstić information content (AvgIpc) is 3.10. The third-order valence-corrected chi connectivity index (χ3v) is 7.82. The first-order chi connectivity index (χ1) is 23.8. The summed E-state index contributed by atoms with van der Waals surface area (Å²) in [6.45, 7) is 7.96. The van der Waals surface area contributed by atoms with Crippen LogP contribution in [0.3, 0.4) is 0 Å². The van der Waals surface area contributed by atoms with Gasteiger partial charge in [-0.1, -0.05) is 54.6 Å². The van der Waals surface area contributed by atoms with Crippen LogP contribution in [0.4, 0.5) is 4.79 Å². The van der Waals surface area contributed by atoms with Gasteiger partial charge < -0.3 is 34.7 Å². The minimum absolute atomic E-state index is 0.143. The molecule has 0 aliphatic carbocycles. The molecule has 1 heterocycles. The van der Waals surface area contributed by atoms with Crippen molar-refractivity contribution < 1.29 is 33.6 Å². The minimum Gasteiger partial charge on any atom is -0.490 e. The fourth-order valence-electron chi connectivity index (χ4n) is 5.53. The van der Waals surface area contributed by atoms with Crippen molar-refractivity contribution >= 4 is 29.0 Å². The first-order valence-corrected chi connectivity index (χ1v) is 15.9. The molecular weight excluding hydrogens is 624 g/mol. The Morgan fingerprint density at radius 3 is 2.59 bits per heavy atom. The molecule has 0 bridgehead atoms. The van der Waals surface area contributed by atoms with Crippen LogP contribution in [0.1, 0.15) is 42.1 Å². The second-order valence-electron chi connectivity index (χ2n) is 11.2. The molecule has 0 radical (unpaired) electrons. The van der Waals surface area contributed by atoms with Gasteiger partial charge in [-0.05, 0) is 83.6 Å². The van der Waals surface area contributed by atoms with Crippen molar-refractivity contribution in [1.29, 1.82) is 0 Å². The van der Waals surface area contributed by atoms with Gasteiger partial charge in [-0.3, -0.25) is 5.43 Å². The summed E-state index contributed by atoms with van der Waals surface area (Å²) in [5, 5.41) is 22.4. The number of esters is 1. The van der Waals surface area contributed by atoms with Crippen molar-refractivity contribution in [2.45, 2.75) is 39.1 Å². The molecule has 0 unspecified atom stereocenters. The van der Waals surface area contributed by atoms with Crippen LogP contribution < -0.4 is 30.3 Å². The molecule has 254 valence electrons. The lowest BCUT2D eigenvalue weighted by Crippen LogP contribution is -2.45. The third-order valence-electron chi connectivity index (χ3n) is 7.82. The van der Waals surface area contributed by atoms with Crippen LogP contribution in [0.2, 0.25) is 0 Å². The Kier molecular flexibility index (Phi) is 11.5. The van der Waals surface area contributed by atoms with E-state index in [1.165, 1.54) is 12.5 Å². The van der Waals surface area contributed by atoms with Crippen LogP contribution in [-0.2, 0) is 22.6 Å². The molecule has 1 aliphatic rings. The molecule has 11 nitrogen and oxygen atoms in total. The SMILES string of the molecule is C=CCc1cc(/C=N\N[C@@H](O)COc2ccc([C@@H]3NC(=O)NC(C)=C3C(=O)OC)cc2OCC)ccc1OCc1cccc2ccccc12. The first kappa shape index (κ1) is 34.5. The topological polar surface area (TPSA) is 140 Å². The molecule has 5 rings (SSSR count). The summed E-state index contributed by atoms with van der Waals surface area (Å²) in [4.78, 5) is 24.7. The quantitative estimate of drug-likeness (QED) is 0.0419. The minimum atomic E-state index is -1.14. The summed E-state index contributed by atoms with van der Waals surface area (Å²) in [6, 6.07) is 24.0. The largest absolute Gasteiger partial charge is 0.490 e. The van der Waals surface area contributed by atoms with Gasteiger partial charge in [-0.2, -0.15) is 5.10 Å². The van der Waals surface area contributed by atoms with Crippen LogP contribution in [0, 0.1) is 0 Å². The zero-order valence-corrected chi connectivity index (χ0v) is 27.7. The molecular formula is C38H40N4O7. The number of nitrogens with zero attached hydrogens (tertiary/aromatic N) is 1. The highest BCUT2D eigenvalue weighted by molar-refractivity contribution is 5.95. The fraction of sp³-hybridized carbons (Fsp3) is 0.237. The predicted molar refractivity (Wildman–Crippen MR) is 188 cm³/mol. The molecule has 4 N–H and O–H groups in total. The van der Waals surface area contributed by atoms with Crippen LogP contribution >= 0.6 is 0 Å². The highest BCUT2D eigenvalue weighted by Crippen LogP contribution is 2.35. The van der Waals surface area contributed by atoms with Gasteiger partial charge in [0.15, 0.2) is 17.7 Å². The number of allylic oxidation sites excluding steroid dienone is 2. The number of methoxy groups -OCH3 is 1. The van der Waals surface area contributed by atoms with Crippen LogP contribution in [0.15, 0.2) is 108 Å². The second-order valence-corrected chi connectivity index (χ2v) is 11.2. The number of nitrogens with one attached hydrogen (secondary N) is 3. The summed E-state index contributed by atoms with van der Waals surface area (Å²) < 4.78 is 22.8. The summed E-state index contributed by atoms with van der Waals surface area (Å²) in [5.41, 5.74) is 6.81. The number of ether oxygens (including phenoxy) is 4. The Balaban J connectivity index is 1.20. The molecule has 0 aromatic heterocycles. The van der Waals surface area contributed by atoms with Crippen molar-refractivity contribution in [3.05, 3.63) is 125 Å². The van der Waals surface area contributed by atoms with Crippen molar-refractivity contribution in [2.24, 2.45) is 5.10 Å². The lowest BCUT2D eigenvalue weighted by Gasteiger charge is -2.28. The molecule has 4 aromatic carbocycles. The van der Waals surface area contributed by atoms with E-state index in [-0.39, 0.29) is 12.2 Å². The number of benzene rings is 4. The molecule has 4 aromatic rings. The second kappa shape index (κ2) is 16.3. The molecule has 0 spiro atoms. The number of urea groups is 1. The lowest BCUT2D eigenvalue weighted by atomic mass is 9.95. The van der Waals surface area contributed by atoms with E-state index in [1.807, 2.05) is 49.4 Å². The maximum Gasteiger partial charge on any atom is 0.337 e. The maximum atomic E-state index is 12.5. The van der Waals surface area contributed by atoms with E-state index in [0.29, 0.717) is 42.4 Å². The highest BCUT2D eigenvalue weighted by atomic mass is 16.5. The Morgan fingerprint density at radius 1 is 1.00 bits per heavy atom. The normalized spacial score (nSPS) is 14.9. The van der Waals surface area contributed by atoms with E-state index in [1.54, 1.807) is 31.3 Å². The molecule has 1 aliphatic heterocycles. The standard InChI is InChI=1S/C38H40N4O7/c1-5-10-27-19-25(15-17-31(27)48-22-29-13-9-12-26-11-7-8-14-30(26)29)21-39-42-34(43)23-49-32-18-16-28(20-33(32)47-6-2)36-35(37(44)46-4)24(3)40-38(45)41-36/h5,7-9,11-21,34,36,42-43H,1,6,10,22-23H2,2-4H3,(H2,40,41,45)/b39-21-/t34-,36-/m0/s1. The number of hydrazone groups is 1. The van der Waals surface area contributed by atoms with Crippen molar-refractivity contribution in [3.63, 3.8) is 0 Å². The summed E-state index contributed by atoms with van der Waals surface area (Å²) >= 11 is 0. The summed E-state index contributed by atoms with van der Waals surface area (Å²) in [6.07, 6.45) is 2.90. The number of rotatable bonds is 15. The van der Waals surface area contributed by atoms with Gasteiger partial charge >= 0.3 is 12.0 Å². The van der Waals surface area contributed by atoms with E-state index >= 15 is 0 Å². The van der Waals surface area contributed by atoms with E-state index in [2.05, 4.69) is 52.0 Å². The van der Waals surface area contributed by atoms with Gasteiger partial charge in [-0.15, -0.1) is 6.58 Å². The summed E-state index contributed by atoms with van der Waals surface area (Å²) in [7, 11) is 1.28. The zero-order valence-electron chi connectivity index (χ0n) is 27.7. The molecule has 0 saturated carbocycles. The van der Waals surface area contributed by atoms with Gasteiger partial charge in [-0.25, -0.2) is 9.59 Å². The number of carbonyl (C=O) groups is 2. The molecule has 0 saturated heterocycles. The van der Waals surface area contributed by atoms with Gasteiger partial charge in [0.05, 0.1) is 31.5 Å². The first-order valence-electron chi connectivity index (χ1n) is 15.9. The lowest BCUT2D eigenvalue weighted by molar-refractivity contribution is -0.136. The Bertz CT molecular complexity index is 1880. The molecule has 11 heteroatoms. The van der Waals surface area contributed by atoms with Crippen molar-refractivity contribution in [2.75, 3.05) is 20.3 Å². The highest BCUT2D eigenvalue weighted by Gasteiger charge is 2.32. The van der Waals surface area contributed by atoms with E-state index < -0.39 is 24.3 Å². The smallest absolute Gasteiger partial charge is 0.337 e.